The zero-order chi connectivity index (χ0) is 25.6. The number of nitrogen functional groups attached to an aromatic ring is 1. The number of carbonyl (C=O) groups excluding carboxylic acids is 2. The summed E-state index contributed by atoms with van der Waals surface area (Å²) in [7, 11) is -4.19. The molecule has 0 saturated heterocycles. The third-order valence-electron chi connectivity index (χ3n) is 4.90. The van der Waals surface area contributed by atoms with E-state index < -0.39 is 33.7 Å². The molecule has 1 aromatic heterocycles. The largest absolute Gasteiger partial charge is 0.475 e. The predicted molar refractivity (Wildman–Crippen MR) is 125 cm³/mol. The van der Waals surface area contributed by atoms with Gasteiger partial charge in [0.25, 0.3) is 0 Å². The minimum Gasteiger partial charge on any atom is -0.475 e. The lowest BCUT2D eigenvalue weighted by Crippen LogP contribution is -2.22. The molecule has 0 radical (unpaired) electrons. The first-order valence-electron chi connectivity index (χ1n) is 10.4. The van der Waals surface area contributed by atoms with Crippen molar-refractivity contribution in [1.82, 2.24) is 5.32 Å². The Hall–Kier alpha value is -4.19. The first kappa shape index (κ1) is 25.4. The SMILES string of the molecule is N=C(N)c1ccc2cc(CS(=O)(=O)OC(=O)CCCC(=O)NCc3ccc(C(=O)O)o3)ccc2c1. The standard InChI is InChI=1S/C23H23N3O8S/c24-22(25)17-7-6-15-10-14(4-5-16(15)11-17)13-35(31,32)34-21(28)3-1-2-20(27)26-12-18-8-9-19(33-18)23(29)30/h4-11H,1-3,12-13H2,(H3,24,25)(H,26,27)(H,29,30). The van der Waals surface area contributed by atoms with Crippen LogP contribution in [0.1, 0.15) is 46.7 Å². The normalized spacial score (nSPS) is 11.2. The van der Waals surface area contributed by atoms with Gasteiger partial charge in [-0.1, -0.05) is 30.3 Å². The summed E-state index contributed by atoms with van der Waals surface area (Å²) >= 11 is 0. The molecule has 184 valence electrons. The zero-order valence-corrected chi connectivity index (χ0v) is 19.3. The van der Waals surface area contributed by atoms with Crippen LogP contribution < -0.4 is 11.1 Å². The molecule has 3 aromatic rings. The van der Waals surface area contributed by atoms with Crippen molar-refractivity contribution in [2.24, 2.45) is 5.73 Å². The van der Waals surface area contributed by atoms with Gasteiger partial charge in [0.1, 0.15) is 17.3 Å². The van der Waals surface area contributed by atoms with Gasteiger partial charge in [0.2, 0.25) is 11.7 Å². The molecule has 2 aromatic carbocycles. The lowest BCUT2D eigenvalue weighted by atomic mass is 10.0. The molecule has 0 unspecified atom stereocenters. The number of carbonyl (C=O) groups is 3. The zero-order valence-electron chi connectivity index (χ0n) is 18.4. The molecule has 0 spiro atoms. The van der Waals surface area contributed by atoms with E-state index in [2.05, 4.69) is 9.50 Å². The highest BCUT2D eigenvalue weighted by Gasteiger charge is 2.19. The number of nitrogens with one attached hydrogen (secondary N) is 2. The average Bonchev–Trinajstić information content (AvgIpc) is 3.26. The van der Waals surface area contributed by atoms with Crippen LogP contribution in [0, 0.1) is 5.41 Å². The number of carboxylic acids is 1. The van der Waals surface area contributed by atoms with Gasteiger partial charge in [-0.25, -0.2) is 4.79 Å². The van der Waals surface area contributed by atoms with Gasteiger partial charge in [0.05, 0.1) is 6.54 Å². The summed E-state index contributed by atoms with van der Waals surface area (Å²) in [6, 6.07) is 12.7. The first-order chi connectivity index (χ1) is 16.5. The number of nitrogens with two attached hydrogens (primary N) is 1. The van der Waals surface area contributed by atoms with Crippen molar-refractivity contribution in [2.45, 2.75) is 31.6 Å². The van der Waals surface area contributed by atoms with Crippen LogP contribution in [0.2, 0.25) is 0 Å². The van der Waals surface area contributed by atoms with E-state index in [9.17, 15) is 22.8 Å². The summed E-state index contributed by atoms with van der Waals surface area (Å²) in [6.45, 7) is -0.0211. The molecule has 3 rings (SSSR count). The minimum atomic E-state index is -4.19. The Balaban J connectivity index is 1.44. The van der Waals surface area contributed by atoms with Gasteiger partial charge in [-0.3, -0.25) is 15.0 Å². The number of hydrogen-bond acceptors (Lipinski definition) is 8. The number of rotatable bonds is 11. The highest BCUT2D eigenvalue weighted by Crippen LogP contribution is 2.20. The molecule has 0 aliphatic carbocycles. The molecule has 0 fully saturated rings. The van der Waals surface area contributed by atoms with Crippen molar-refractivity contribution >= 4 is 44.6 Å². The molecule has 12 heteroatoms. The van der Waals surface area contributed by atoms with E-state index in [0.29, 0.717) is 11.1 Å². The van der Waals surface area contributed by atoms with Crippen LogP contribution in [0.4, 0.5) is 0 Å². The van der Waals surface area contributed by atoms with Crippen molar-refractivity contribution in [1.29, 1.82) is 5.41 Å². The van der Waals surface area contributed by atoms with Crippen molar-refractivity contribution in [2.75, 3.05) is 0 Å². The maximum Gasteiger partial charge on any atom is 0.371 e. The van der Waals surface area contributed by atoms with Crippen LogP contribution in [0.3, 0.4) is 0 Å². The Morgan fingerprint density at radius 3 is 2.43 bits per heavy atom. The number of hydrogen-bond donors (Lipinski definition) is 4. The summed E-state index contributed by atoms with van der Waals surface area (Å²) in [5.41, 5.74) is 6.45. The maximum atomic E-state index is 12.3. The Bertz CT molecular complexity index is 1390. The third-order valence-corrected chi connectivity index (χ3v) is 6.02. The molecule has 11 nitrogen and oxygen atoms in total. The van der Waals surface area contributed by atoms with Gasteiger partial charge >= 0.3 is 22.1 Å². The second kappa shape index (κ2) is 10.8. The number of furan rings is 1. The van der Waals surface area contributed by atoms with Crippen molar-refractivity contribution in [3.05, 3.63) is 71.2 Å². The van der Waals surface area contributed by atoms with Gasteiger partial charge in [0, 0.05) is 18.4 Å². The quantitative estimate of drug-likeness (QED) is 0.173. The summed E-state index contributed by atoms with van der Waals surface area (Å²) in [5.74, 6) is -3.18. The second-order valence-electron chi connectivity index (χ2n) is 7.67. The van der Waals surface area contributed by atoms with Crippen LogP contribution in [0.15, 0.2) is 52.9 Å². The van der Waals surface area contributed by atoms with Crippen LogP contribution in [0.5, 0.6) is 0 Å². The predicted octanol–water partition coefficient (Wildman–Crippen LogP) is 2.27. The highest BCUT2D eigenvalue weighted by atomic mass is 32.2. The second-order valence-corrected chi connectivity index (χ2v) is 9.24. The van der Waals surface area contributed by atoms with E-state index in [4.69, 9.17) is 20.7 Å². The molecule has 0 aliphatic rings. The number of carboxylic acid groups (broad SMARTS) is 1. The van der Waals surface area contributed by atoms with Crippen molar-refractivity contribution in [3.63, 3.8) is 0 Å². The summed E-state index contributed by atoms with van der Waals surface area (Å²) < 4.78 is 34.2. The van der Waals surface area contributed by atoms with E-state index >= 15 is 0 Å². The molecule has 1 heterocycles. The number of aromatic carboxylic acids is 1. The Morgan fingerprint density at radius 2 is 1.74 bits per heavy atom. The number of amidine groups is 1. The van der Waals surface area contributed by atoms with E-state index in [-0.39, 0.29) is 43.2 Å². The van der Waals surface area contributed by atoms with Gasteiger partial charge in [-0.2, -0.15) is 8.42 Å². The molecule has 0 atom stereocenters. The van der Waals surface area contributed by atoms with Crippen LogP contribution in [0.25, 0.3) is 10.8 Å². The first-order valence-corrected chi connectivity index (χ1v) is 12.0. The van der Waals surface area contributed by atoms with Gasteiger partial charge in [0.15, 0.2) is 0 Å². The number of amides is 1. The molecule has 0 saturated carbocycles. The topological polar surface area (TPSA) is 190 Å². The van der Waals surface area contributed by atoms with Crippen LogP contribution in [-0.2, 0) is 36.2 Å². The molecular weight excluding hydrogens is 478 g/mol. The number of benzene rings is 2. The molecule has 5 N–H and O–H groups in total. The molecule has 1 amide bonds. The van der Waals surface area contributed by atoms with Crippen molar-refractivity contribution in [3.8, 4) is 0 Å². The molecule has 35 heavy (non-hydrogen) atoms. The lowest BCUT2D eigenvalue weighted by molar-refractivity contribution is -0.134. The third kappa shape index (κ3) is 7.40. The summed E-state index contributed by atoms with van der Waals surface area (Å²) in [4.78, 5) is 34.6. The average molecular weight is 502 g/mol. The Labute approximate surface area is 200 Å². The van der Waals surface area contributed by atoms with E-state index in [1.165, 1.54) is 12.1 Å². The lowest BCUT2D eigenvalue weighted by Gasteiger charge is -2.08. The van der Waals surface area contributed by atoms with Crippen LogP contribution in [-0.4, -0.2) is 37.2 Å². The Morgan fingerprint density at radius 1 is 1.03 bits per heavy atom. The monoisotopic (exact) mass is 501 g/mol. The van der Waals surface area contributed by atoms with Crippen molar-refractivity contribution < 1.29 is 36.5 Å². The fourth-order valence-electron chi connectivity index (χ4n) is 3.22. The van der Waals surface area contributed by atoms with E-state index in [0.717, 1.165) is 10.8 Å². The fraction of sp³-hybridized carbons (Fsp3) is 0.217. The maximum absolute atomic E-state index is 12.3. The summed E-state index contributed by atoms with van der Waals surface area (Å²) in [5, 5.41) is 20.3. The van der Waals surface area contributed by atoms with Gasteiger partial charge in [-0.15, -0.1) is 0 Å². The van der Waals surface area contributed by atoms with Gasteiger partial charge in [-0.05, 0) is 41.0 Å². The molecule has 0 bridgehead atoms. The van der Waals surface area contributed by atoms with Gasteiger partial charge < -0.3 is 24.8 Å². The van der Waals surface area contributed by atoms with E-state index in [1.54, 1.807) is 36.4 Å². The Kier molecular flexibility index (Phi) is 7.87. The highest BCUT2D eigenvalue weighted by molar-refractivity contribution is 7.86. The molecular formula is C23H23N3O8S. The summed E-state index contributed by atoms with van der Waals surface area (Å²) in [6.07, 6.45) is -0.274. The minimum absolute atomic E-state index is 0.0211. The molecule has 0 aliphatic heterocycles. The van der Waals surface area contributed by atoms with E-state index in [1.807, 2.05) is 0 Å². The number of fused-ring (bicyclic) bond motifs is 1. The smallest absolute Gasteiger partial charge is 0.371 e. The van der Waals surface area contributed by atoms with Crippen LogP contribution >= 0.6 is 0 Å². The fourth-order valence-corrected chi connectivity index (χ4v) is 4.24.